The zero-order chi connectivity index (χ0) is 16.8. The lowest BCUT2D eigenvalue weighted by atomic mass is 9.85. The molecule has 1 aromatic heterocycles. The van der Waals surface area contributed by atoms with Crippen LogP contribution < -0.4 is 4.90 Å². The molecule has 2 aliphatic carbocycles. The fourth-order valence-corrected chi connectivity index (χ4v) is 4.23. The van der Waals surface area contributed by atoms with Gasteiger partial charge in [-0.2, -0.15) is 10.1 Å². The second-order valence-corrected chi connectivity index (χ2v) is 6.58. The number of hydrogen-bond donors (Lipinski definition) is 0. The number of fused-ring (bicyclic) bond motifs is 5. The lowest BCUT2D eigenvalue weighted by Gasteiger charge is -2.16. The number of imide groups is 1. The van der Waals surface area contributed by atoms with Gasteiger partial charge < -0.3 is 9.32 Å². The Balaban J connectivity index is 1.51. The van der Waals surface area contributed by atoms with Crippen LogP contribution in [0, 0.1) is 23.7 Å². The molecule has 1 saturated carbocycles. The van der Waals surface area contributed by atoms with Gasteiger partial charge in [-0.1, -0.05) is 12.2 Å². The van der Waals surface area contributed by atoms with Crippen LogP contribution in [0.15, 0.2) is 33.8 Å². The molecular formula is C18H21N3O3. The van der Waals surface area contributed by atoms with Crippen molar-refractivity contribution in [2.45, 2.75) is 20.3 Å². The zero-order valence-corrected chi connectivity index (χ0v) is 13.9. The van der Waals surface area contributed by atoms with Crippen molar-refractivity contribution >= 4 is 23.9 Å². The molecule has 0 unspecified atom stereocenters. The third kappa shape index (κ3) is 2.12. The Morgan fingerprint density at radius 3 is 2.38 bits per heavy atom. The molecule has 4 rings (SSSR count). The maximum Gasteiger partial charge on any atom is 0.254 e. The number of carbonyl (C=O) groups excluding carboxylic acids is 2. The highest BCUT2D eigenvalue weighted by atomic mass is 16.4. The van der Waals surface area contributed by atoms with E-state index in [0.717, 1.165) is 30.4 Å². The van der Waals surface area contributed by atoms with Gasteiger partial charge in [0.05, 0.1) is 18.1 Å². The molecule has 0 N–H and O–H groups in total. The predicted molar refractivity (Wildman–Crippen MR) is 89.4 cm³/mol. The molecule has 0 radical (unpaired) electrons. The highest BCUT2D eigenvalue weighted by molar-refractivity contribution is 6.06. The van der Waals surface area contributed by atoms with Crippen LogP contribution in [0.4, 0.5) is 5.88 Å². The molecule has 2 heterocycles. The molecule has 126 valence electrons. The largest absolute Gasteiger partial charge is 0.440 e. The summed E-state index contributed by atoms with van der Waals surface area (Å²) < 4.78 is 5.72. The number of amides is 2. The first-order valence-electron chi connectivity index (χ1n) is 8.59. The zero-order valence-electron chi connectivity index (χ0n) is 13.9. The Morgan fingerprint density at radius 2 is 1.79 bits per heavy atom. The molecule has 2 fully saturated rings. The summed E-state index contributed by atoms with van der Waals surface area (Å²) in [5.41, 5.74) is 0. The Morgan fingerprint density at radius 1 is 1.17 bits per heavy atom. The molecule has 1 saturated heterocycles. The molecule has 0 spiro atoms. The Bertz CT molecular complexity index is 702. The lowest BCUT2D eigenvalue weighted by Crippen LogP contribution is -2.28. The minimum atomic E-state index is -0.215. The molecular weight excluding hydrogens is 306 g/mol. The number of hydrogen-bond acceptors (Lipinski definition) is 5. The van der Waals surface area contributed by atoms with E-state index < -0.39 is 0 Å². The van der Waals surface area contributed by atoms with Crippen LogP contribution in [-0.4, -0.2) is 36.1 Å². The van der Waals surface area contributed by atoms with E-state index in [1.807, 2.05) is 6.07 Å². The third-order valence-corrected chi connectivity index (χ3v) is 5.44. The molecule has 4 atom stereocenters. The molecule has 1 aromatic rings. The van der Waals surface area contributed by atoms with E-state index in [9.17, 15) is 9.59 Å². The van der Waals surface area contributed by atoms with Gasteiger partial charge >= 0.3 is 0 Å². The first kappa shape index (κ1) is 15.2. The van der Waals surface area contributed by atoms with Crippen LogP contribution >= 0.6 is 0 Å². The average molecular weight is 327 g/mol. The lowest BCUT2D eigenvalue weighted by molar-refractivity contribution is -0.140. The first-order chi connectivity index (χ1) is 11.6. The third-order valence-electron chi connectivity index (χ3n) is 5.44. The number of furan rings is 1. The molecule has 6 heteroatoms. The van der Waals surface area contributed by atoms with Gasteiger partial charge in [0.2, 0.25) is 0 Å². The normalized spacial score (nSPS) is 30.8. The van der Waals surface area contributed by atoms with Crippen molar-refractivity contribution in [3.8, 4) is 0 Å². The summed E-state index contributed by atoms with van der Waals surface area (Å²) in [7, 11) is 0. The van der Waals surface area contributed by atoms with E-state index in [1.54, 1.807) is 6.07 Å². The predicted octanol–water partition coefficient (Wildman–Crippen LogP) is 2.27. The Kier molecular flexibility index (Phi) is 3.55. The van der Waals surface area contributed by atoms with Crippen LogP contribution in [0.2, 0.25) is 0 Å². The van der Waals surface area contributed by atoms with Crippen LogP contribution in [-0.2, 0) is 9.59 Å². The minimum Gasteiger partial charge on any atom is -0.440 e. The molecule has 0 aromatic carbocycles. The number of hydrazone groups is 1. The number of rotatable bonds is 5. The number of allylic oxidation sites excluding steroid dienone is 2. The standard InChI is InChI=1S/C18H21N3O3/c1-3-20(4-2)14-8-7-13(24-14)10-19-21-17(22)15-11-5-6-12(9-11)16(15)18(21)23/h5-8,10-12,15-16H,3-4,9H2,1-2H3/b19-10-/t11-,12+,15-,16+. The maximum atomic E-state index is 12.5. The summed E-state index contributed by atoms with van der Waals surface area (Å²) in [5, 5.41) is 5.17. The first-order valence-corrected chi connectivity index (χ1v) is 8.59. The van der Waals surface area contributed by atoms with Crippen LogP contribution in [0.5, 0.6) is 0 Å². The summed E-state index contributed by atoms with van der Waals surface area (Å²) in [6.07, 6.45) is 6.54. The highest BCUT2D eigenvalue weighted by Gasteiger charge is 2.59. The molecule has 2 bridgehead atoms. The number of nitrogens with zero attached hydrogens (tertiary/aromatic N) is 3. The summed E-state index contributed by atoms with van der Waals surface area (Å²) in [4.78, 5) is 27.1. The second-order valence-electron chi connectivity index (χ2n) is 6.58. The van der Waals surface area contributed by atoms with Gasteiger partial charge in [0.15, 0.2) is 5.88 Å². The van der Waals surface area contributed by atoms with Crippen molar-refractivity contribution in [3.05, 3.63) is 30.0 Å². The smallest absolute Gasteiger partial charge is 0.254 e. The van der Waals surface area contributed by atoms with Gasteiger partial charge in [-0.05, 0) is 38.2 Å². The van der Waals surface area contributed by atoms with Crippen LogP contribution in [0.3, 0.4) is 0 Å². The van der Waals surface area contributed by atoms with Crippen molar-refractivity contribution < 1.29 is 14.0 Å². The van der Waals surface area contributed by atoms with Crippen molar-refractivity contribution in [3.63, 3.8) is 0 Å². The summed E-state index contributed by atoms with van der Waals surface area (Å²) in [5.74, 6) is 0.932. The second kappa shape index (κ2) is 5.61. The van der Waals surface area contributed by atoms with Crippen molar-refractivity contribution in [1.29, 1.82) is 0 Å². The molecule has 2 amide bonds. The number of carbonyl (C=O) groups is 2. The summed E-state index contributed by atoms with van der Waals surface area (Å²) >= 11 is 0. The van der Waals surface area contributed by atoms with E-state index in [0.29, 0.717) is 5.76 Å². The van der Waals surface area contributed by atoms with Gasteiger partial charge in [0.25, 0.3) is 11.8 Å². The van der Waals surface area contributed by atoms with Gasteiger partial charge in [0.1, 0.15) is 5.76 Å². The van der Waals surface area contributed by atoms with Crippen LogP contribution in [0.25, 0.3) is 0 Å². The molecule has 3 aliphatic rings. The fraction of sp³-hybridized carbons (Fsp3) is 0.500. The van der Waals surface area contributed by atoms with Crippen molar-refractivity contribution in [1.82, 2.24) is 5.01 Å². The molecule has 24 heavy (non-hydrogen) atoms. The van der Waals surface area contributed by atoms with E-state index in [2.05, 4.69) is 36.0 Å². The highest BCUT2D eigenvalue weighted by Crippen LogP contribution is 2.52. The molecule has 6 nitrogen and oxygen atoms in total. The fourth-order valence-electron chi connectivity index (χ4n) is 4.23. The SMILES string of the molecule is CCN(CC)c1ccc(/C=N\N2C(=O)[C@@H]3[C@H](C2=O)[C@@H]2C=C[C@H]3C2)o1. The minimum absolute atomic E-state index is 0.173. The van der Waals surface area contributed by atoms with Crippen LogP contribution in [0.1, 0.15) is 26.0 Å². The van der Waals surface area contributed by atoms with E-state index in [-0.39, 0.29) is 35.5 Å². The summed E-state index contributed by atoms with van der Waals surface area (Å²) in [6.45, 7) is 5.82. The number of anilines is 1. The topological polar surface area (TPSA) is 66.1 Å². The van der Waals surface area contributed by atoms with Crippen molar-refractivity contribution in [2.75, 3.05) is 18.0 Å². The van der Waals surface area contributed by atoms with Gasteiger partial charge in [0, 0.05) is 19.2 Å². The van der Waals surface area contributed by atoms with E-state index in [4.69, 9.17) is 4.42 Å². The van der Waals surface area contributed by atoms with Crippen molar-refractivity contribution in [2.24, 2.45) is 28.8 Å². The average Bonchev–Trinajstić information content (AvgIpc) is 3.33. The summed E-state index contributed by atoms with van der Waals surface area (Å²) in [6, 6.07) is 3.68. The quantitative estimate of drug-likeness (QED) is 0.473. The van der Waals surface area contributed by atoms with E-state index >= 15 is 0 Å². The Hall–Kier alpha value is -2.37. The van der Waals surface area contributed by atoms with Gasteiger partial charge in [-0.15, -0.1) is 0 Å². The van der Waals surface area contributed by atoms with Gasteiger partial charge in [-0.25, -0.2) is 0 Å². The van der Waals surface area contributed by atoms with E-state index in [1.165, 1.54) is 6.21 Å². The maximum absolute atomic E-state index is 12.5. The monoisotopic (exact) mass is 327 g/mol. The van der Waals surface area contributed by atoms with Gasteiger partial charge in [-0.3, -0.25) is 9.59 Å². The Labute approximate surface area is 140 Å². The molecule has 1 aliphatic heterocycles.